The number of carbonyl (C=O) groups excluding carboxylic acids is 1. The molecule has 1 aliphatic carbocycles. The summed E-state index contributed by atoms with van der Waals surface area (Å²) in [6.45, 7) is 4.39. The summed E-state index contributed by atoms with van der Waals surface area (Å²) in [5.74, 6) is 1.88. The molecule has 0 radical (unpaired) electrons. The lowest BCUT2D eigenvalue weighted by Gasteiger charge is -2.20. The summed E-state index contributed by atoms with van der Waals surface area (Å²) >= 11 is 9.03. The predicted molar refractivity (Wildman–Crippen MR) is 136 cm³/mol. The summed E-state index contributed by atoms with van der Waals surface area (Å²) in [6, 6.07) is 7.90. The van der Waals surface area contributed by atoms with Crippen molar-refractivity contribution in [2.75, 3.05) is 11.1 Å². The average molecular weight is 516 g/mol. The van der Waals surface area contributed by atoms with E-state index >= 15 is 0 Å². The van der Waals surface area contributed by atoms with Crippen molar-refractivity contribution in [2.45, 2.75) is 51.3 Å². The Kier molecular flexibility index (Phi) is 7.81. The van der Waals surface area contributed by atoms with Crippen molar-refractivity contribution >= 4 is 45.6 Å². The first-order valence-electron chi connectivity index (χ1n) is 11.1. The van der Waals surface area contributed by atoms with Crippen molar-refractivity contribution in [3.63, 3.8) is 0 Å². The number of amides is 1. The molecule has 0 bridgehead atoms. The van der Waals surface area contributed by atoms with Gasteiger partial charge in [0.05, 0.1) is 16.3 Å². The average Bonchev–Trinajstić information content (AvgIpc) is 3.36. The van der Waals surface area contributed by atoms with Gasteiger partial charge in [0.1, 0.15) is 23.4 Å². The number of anilines is 1. The molecule has 0 spiro atoms. The summed E-state index contributed by atoms with van der Waals surface area (Å²) in [5, 5.41) is 22.8. The molecule has 2 heterocycles. The largest absolute Gasteiger partial charge is 0.484 e. The number of nitrogens with one attached hydrogen (secondary N) is 1. The second kappa shape index (κ2) is 10.8. The monoisotopic (exact) mass is 515 g/mol. The minimum absolute atomic E-state index is 0.167. The van der Waals surface area contributed by atoms with E-state index in [1.807, 2.05) is 26.1 Å². The first kappa shape index (κ1) is 24.6. The smallest absolute Gasteiger partial charge is 0.235 e. The van der Waals surface area contributed by atoms with Crippen LogP contribution in [-0.2, 0) is 31.3 Å². The molecule has 7 nitrogen and oxygen atoms in total. The Bertz CT molecular complexity index is 1250. The van der Waals surface area contributed by atoms with E-state index in [1.54, 1.807) is 22.0 Å². The number of hydrogen-bond acceptors (Lipinski definition) is 7. The maximum atomic E-state index is 12.7. The SMILES string of the molecule is CCC1CCc2c(sc(NC(=O)CSc3nnc(COc4cc(C)ccc4Cl)n3C)c2C#N)C1. The molecule has 1 atom stereocenters. The number of aryl methyl sites for hydroxylation is 1. The predicted octanol–water partition coefficient (Wildman–Crippen LogP) is 5.53. The summed E-state index contributed by atoms with van der Waals surface area (Å²) in [4.78, 5) is 13.9. The van der Waals surface area contributed by atoms with Gasteiger partial charge in [-0.1, -0.05) is 42.8 Å². The minimum Gasteiger partial charge on any atom is -0.484 e. The quantitative estimate of drug-likeness (QED) is 0.396. The number of benzene rings is 1. The molecule has 0 aliphatic heterocycles. The second-order valence-corrected chi connectivity index (χ2v) is 10.8. The number of thiophene rings is 1. The Balaban J connectivity index is 1.35. The zero-order valence-corrected chi connectivity index (χ0v) is 21.7. The molecule has 1 N–H and O–H groups in total. The van der Waals surface area contributed by atoms with Gasteiger partial charge in [-0.25, -0.2) is 0 Å². The number of ether oxygens (including phenoxy) is 1. The van der Waals surface area contributed by atoms with Gasteiger partial charge in [-0.2, -0.15) is 5.26 Å². The Hall–Kier alpha value is -2.54. The first-order valence-corrected chi connectivity index (χ1v) is 13.3. The van der Waals surface area contributed by atoms with Crippen molar-refractivity contribution in [2.24, 2.45) is 13.0 Å². The molecule has 3 aromatic rings. The Morgan fingerprint density at radius 3 is 3.03 bits per heavy atom. The molecule has 2 aromatic heterocycles. The minimum atomic E-state index is -0.167. The highest BCUT2D eigenvalue weighted by atomic mass is 35.5. The van der Waals surface area contributed by atoms with Gasteiger partial charge in [0.2, 0.25) is 5.91 Å². The summed E-state index contributed by atoms with van der Waals surface area (Å²) in [5.41, 5.74) is 2.79. The molecule has 1 amide bonds. The van der Waals surface area contributed by atoms with Gasteiger partial charge in [-0.3, -0.25) is 4.79 Å². The van der Waals surface area contributed by atoms with Gasteiger partial charge in [-0.05, 0) is 55.4 Å². The number of fused-ring (bicyclic) bond motifs is 1. The van der Waals surface area contributed by atoms with E-state index in [2.05, 4.69) is 28.5 Å². The first-order chi connectivity index (χ1) is 16.4. The lowest BCUT2D eigenvalue weighted by atomic mass is 9.86. The third kappa shape index (κ3) is 5.40. The van der Waals surface area contributed by atoms with Crippen LogP contribution < -0.4 is 10.1 Å². The topological polar surface area (TPSA) is 92.8 Å². The van der Waals surface area contributed by atoms with Gasteiger partial charge in [0.25, 0.3) is 0 Å². The fraction of sp³-hybridized carbons (Fsp3) is 0.417. The van der Waals surface area contributed by atoms with Crippen molar-refractivity contribution in [3.8, 4) is 11.8 Å². The molecule has 10 heteroatoms. The van der Waals surface area contributed by atoms with Crippen LogP contribution in [0, 0.1) is 24.2 Å². The highest BCUT2D eigenvalue weighted by molar-refractivity contribution is 7.99. The van der Waals surface area contributed by atoms with Gasteiger partial charge in [0, 0.05) is 11.9 Å². The van der Waals surface area contributed by atoms with Crippen LogP contribution in [0.4, 0.5) is 5.00 Å². The summed E-state index contributed by atoms with van der Waals surface area (Å²) in [6.07, 6.45) is 4.15. The normalized spacial score (nSPS) is 15.0. The third-order valence-electron chi connectivity index (χ3n) is 6.01. The van der Waals surface area contributed by atoms with Crippen molar-refractivity contribution in [1.82, 2.24) is 14.8 Å². The maximum absolute atomic E-state index is 12.7. The molecular weight excluding hydrogens is 490 g/mol. The van der Waals surface area contributed by atoms with Crippen LogP contribution in [0.1, 0.15) is 47.2 Å². The molecule has 1 aromatic carbocycles. The number of nitrogens with zero attached hydrogens (tertiary/aromatic N) is 4. The van der Waals surface area contributed by atoms with E-state index in [9.17, 15) is 10.1 Å². The Morgan fingerprint density at radius 1 is 1.44 bits per heavy atom. The fourth-order valence-electron chi connectivity index (χ4n) is 3.96. The standard InChI is InChI=1S/C24H26ClN5O2S2/c1-4-15-6-7-16-17(11-26)23(34-20(16)10-15)27-22(31)13-33-24-29-28-21(30(24)3)12-32-19-9-14(2)5-8-18(19)25/h5,8-9,15H,4,6-7,10,12-13H2,1-3H3,(H,27,31). The Morgan fingerprint density at radius 2 is 2.26 bits per heavy atom. The highest BCUT2D eigenvalue weighted by Gasteiger charge is 2.26. The van der Waals surface area contributed by atoms with E-state index in [-0.39, 0.29) is 18.3 Å². The van der Waals surface area contributed by atoms with Crippen LogP contribution in [0.5, 0.6) is 5.75 Å². The maximum Gasteiger partial charge on any atom is 0.235 e. The van der Waals surface area contributed by atoms with Gasteiger partial charge in [-0.15, -0.1) is 21.5 Å². The molecule has 0 saturated carbocycles. The number of aromatic nitrogens is 3. The third-order valence-corrected chi connectivity index (χ3v) is 8.51. The van der Waals surface area contributed by atoms with Crippen LogP contribution in [-0.4, -0.2) is 26.4 Å². The van der Waals surface area contributed by atoms with Gasteiger partial charge in [0.15, 0.2) is 11.0 Å². The van der Waals surface area contributed by atoms with E-state index in [1.165, 1.54) is 16.6 Å². The van der Waals surface area contributed by atoms with Crippen molar-refractivity contribution in [3.05, 3.63) is 50.6 Å². The van der Waals surface area contributed by atoms with E-state index in [0.717, 1.165) is 36.8 Å². The van der Waals surface area contributed by atoms with Crippen LogP contribution >= 0.6 is 34.7 Å². The van der Waals surface area contributed by atoms with Crippen LogP contribution in [0.2, 0.25) is 5.02 Å². The van der Waals surface area contributed by atoms with E-state index < -0.39 is 0 Å². The summed E-state index contributed by atoms with van der Waals surface area (Å²) < 4.78 is 7.61. The summed E-state index contributed by atoms with van der Waals surface area (Å²) in [7, 11) is 1.84. The molecule has 34 heavy (non-hydrogen) atoms. The van der Waals surface area contributed by atoms with Crippen LogP contribution in [0.25, 0.3) is 0 Å². The molecule has 178 valence electrons. The van der Waals surface area contributed by atoms with E-state index in [0.29, 0.717) is 38.2 Å². The number of rotatable bonds is 8. The molecule has 0 saturated heterocycles. The Labute approximate surface area is 212 Å². The zero-order chi connectivity index (χ0) is 24.2. The molecule has 0 fully saturated rings. The van der Waals surface area contributed by atoms with Crippen LogP contribution in [0.3, 0.4) is 0 Å². The number of thioether (sulfide) groups is 1. The van der Waals surface area contributed by atoms with Crippen molar-refractivity contribution < 1.29 is 9.53 Å². The van der Waals surface area contributed by atoms with E-state index in [4.69, 9.17) is 16.3 Å². The van der Waals surface area contributed by atoms with Crippen LogP contribution in [0.15, 0.2) is 23.4 Å². The molecule has 1 unspecified atom stereocenters. The number of nitriles is 1. The highest BCUT2D eigenvalue weighted by Crippen LogP contribution is 2.40. The number of carbonyl (C=O) groups is 1. The van der Waals surface area contributed by atoms with Gasteiger partial charge >= 0.3 is 0 Å². The lowest BCUT2D eigenvalue weighted by Crippen LogP contribution is -2.15. The van der Waals surface area contributed by atoms with Crippen molar-refractivity contribution in [1.29, 1.82) is 5.26 Å². The second-order valence-electron chi connectivity index (χ2n) is 8.35. The molecule has 4 rings (SSSR count). The molecular formula is C24H26ClN5O2S2. The fourth-order valence-corrected chi connectivity index (χ4v) is 6.19. The molecule has 1 aliphatic rings. The zero-order valence-electron chi connectivity index (χ0n) is 19.4. The number of hydrogen-bond donors (Lipinski definition) is 1. The number of halogens is 1. The lowest BCUT2D eigenvalue weighted by molar-refractivity contribution is -0.113. The van der Waals surface area contributed by atoms with Gasteiger partial charge < -0.3 is 14.6 Å².